The lowest BCUT2D eigenvalue weighted by molar-refractivity contribution is -0.137. The first-order valence-corrected chi connectivity index (χ1v) is 16.6. The first-order chi connectivity index (χ1) is 20.3. The number of carboxylic acid groups (broad SMARTS) is 1. The summed E-state index contributed by atoms with van der Waals surface area (Å²) in [4.78, 5) is 11.0. The number of hydrogen-bond acceptors (Lipinski definition) is 5. The number of carboxylic acids is 1. The minimum Gasteiger partial charge on any atom is -0.481 e. The topological polar surface area (TPSA) is 118 Å². The zero-order valence-corrected chi connectivity index (χ0v) is 26.3. The van der Waals surface area contributed by atoms with E-state index in [4.69, 9.17) is 5.11 Å². The van der Waals surface area contributed by atoms with Crippen LogP contribution in [0, 0.1) is 5.92 Å². The van der Waals surface area contributed by atoms with Crippen LogP contribution in [0.5, 0.6) is 0 Å². The van der Waals surface area contributed by atoms with E-state index < -0.39 is 18.2 Å². The Morgan fingerprint density at radius 3 is 2.52 bits per heavy atom. The minimum atomic E-state index is -0.816. The second-order valence-electron chi connectivity index (χ2n) is 12.4. The molecule has 0 spiro atoms. The molecule has 0 aliphatic heterocycles. The Morgan fingerprint density at radius 2 is 1.81 bits per heavy atom. The van der Waals surface area contributed by atoms with Gasteiger partial charge in [0.05, 0.1) is 18.8 Å². The summed E-state index contributed by atoms with van der Waals surface area (Å²) < 4.78 is 0. The molecule has 4 unspecified atom stereocenters. The summed E-state index contributed by atoms with van der Waals surface area (Å²) in [7, 11) is 0. The molecule has 6 nitrogen and oxygen atoms in total. The zero-order chi connectivity index (χ0) is 30.7. The molecule has 1 aliphatic rings. The van der Waals surface area contributed by atoms with Crippen molar-refractivity contribution in [3.63, 3.8) is 0 Å². The number of allylic oxidation sites excluding steroid dienone is 2. The van der Waals surface area contributed by atoms with Gasteiger partial charge in [-0.25, -0.2) is 0 Å². The maximum Gasteiger partial charge on any atom is 0.303 e. The summed E-state index contributed by atoms with van der Waals surface area (Å²) in [5.74, 6) is -0.00188. The quantitative estimate of drug-likeness (QED) is 0.111. The predicted octanol–water partition coefficient (Wildman–Crippen LogP) is 7.02. The minimum absolute atomic E-state index is 0.205. The highest BCUT2D eigenvalue weighted by Crippen LogP contribution is 2.35. The van der Waals surface area contributed by atoms with Gasteiger partial charge in [-0.3, -0.25) is 4.79 Å². The fourth-order valence-electron chi connectivity index (χ4n) is 6.41. The van der Waals surface area contributed by atoms with E-state index >= 15 is 0 Å². The van der Waals surface area contributed by atoms with Gasteiger partial charge < -0.3 is 25.5 Å². The molecule has 5 N–H and O–H groups in total. The van der Waals surface area contributed by atoms with Gasteiger partial charge in [0.15, 0.2) is 0 Å². The molecular formula is C36H58O6. The molecule has 1 aromatic rings. The van der Waals surface area contributed by atoms with Crippen LogP contribution < -0.4 is 0 Å². The molecule has 2 rings (SSSR count). The number of aliphatic hydroxyl groups is 4. The van der Waals surface area contributed by atoms with E-state index in [9.17, 15) is 25.2 Å². The van der Waals surface area contributed by atoms with E-state index in [1.165, 1.54) is 22.3 Å². The van der Waals surface area contributed by atoms with Gasteiger partial charge in [-0.1, -0.05) is 88.3 Å². The van der Waals surface area contributed by atoms with E-state index in [0.29, 0.717) is 24.7 Å². The smallest absolute Gasteiger partial charge is 0.303 e. The summed E-state index contributed by atoms with van der Waals surface area (Å²) in [5, 5.41) is 49.4. The summed E-state index contributed by atoms with van der Waals surface area (Å²) in [6, 6.07) is 6.64. The standard InChI is InChI=1S/C36H58O6/c1-3-4-6-14-32(39)21-20-29-18-19-30-13-9-15-34(27(2)11-10-23-37)35(30)22-17-28(12-7-5-8-16-36(41)42)24-31(29)25-33(40)26-38/h9,13,15,20-21,27-28,32-33,37-40H,3-8,10-12,14,16-19,22-26H2,1-2H3,(H,41,42). The van der Waals surface area contributed by atoms with Gasteiger partial charge in [0.25, 0.3) is 0 Å². The molecule has 238 valence electrons. The lowest BCUT2D eigenvalue weighted by Gasteiger charge is -2.27. The van der Waals surface area contributed by atoms with E-state index in [2.05, 4.69) is 38.1 Å². The molecular weight excluding hydrogens is 528 g/mol. The Hall–Kier alpha value is -1.99. The first-order valence-electron chi connectivity index (χ1n) is 16.6. The van der Waals surface area contributed by atoms with Crippen LogP contribution in [0.2, 0.25) is 0 Å². The molecule has 6 heteroatoms. The average Bonchev–Trinajstić information content (AvgIpc) is 2.97. The molecule has 42 heavy (non-hydrogen) atoms. The average molecular weight is 587 g/mol. The van der Waals surface area contributed by atoms with Gasteiger partial charge in [0.1, 0.15) is 0 Å². The molecule has 4 atom stereocenters. The van der Waals surface area contributed by atoms with E-state index in [0.717, 1.165) is 95.5 Å². The van der Waals surface area contributed by atoms with Crippen molar-refractivity contribution in [2.45, 2.75) is 141 Å². The normalized spacial score (nSPS) is 18.6. The van der Waals surface area contributed by atoms with Crippen molar-refractivity contribution in [1.82, 2.24) is 0 Å². The number of unbranched alkanes of at least 4 members (excludes halogenated alkanes) is 4. The summed E-state index contributed by atoms with van der Waals surface area (Å²) in [6.45, 7) is 4.34. The van der Waals surface area contributed by atoms with Gasteiger partial charge >= 0.3 is 5.97 Å². The number of carbonyl (C=O) groups is 1. The highest BCUT2D eigenvalue weighted by atomic mass is 16.4. The molecule has 1 aromatic carbocycles. The van der Waals surface area contributed by atoms with E-state index in [1.54, 1.807) is 0 Å². The molecule has 0 bridgehead atoms. The van der Waals surface area contributed by atoms with Crippen LogP contribution in [0.4, 0.5) is 0 Å². The monoisotopic (exact) mass is 586 g/mol. The Kier molecular flexibility index (Phi) is 18.0. The van der Waals surface area contributed by atoms with Crippen LogP contribution in [0.3, 0.4) is 0 Å². The summed E-state index contributed by atoms with van der Waals surface area (Å²) in [6.07, 6.45) is 17.0. The van der Waals surface area contributed by atoms with Gasteiger partial charge in [0.2, 0.25) is 0 Å². The second-order valence-corrected chi connectivity index (χ2v) is 12.4. The molecule has 0 fully saturated rings. The summed E-state index contributed by atoms with van der Waals surface area (Å²) >= 11 is 0. The second kappa shape index (κ2) is 20.8. The third-order valence-electron chi connectivity index (χ3n) is 8.91. The third-order valence-corrected chi connectivity index (χ3v) is 8.91. The number of benzene rings is 1. The maximum atomic E-state index is 11.0. The number of aliphatic carboxylic acids is 1. The van der Waals surface area contributed by atoms with Crippen LogP contribution in [-0.4, -0.2) is 56.9 Å². The van der Waals surface area contributed by atoms with Crippen molar-refractivity contribution in [2.75, 3.05) is 13.2 Å². The van der Waals surface area contributed by atoms with Crippen molar-refractivity contribution >= 4 is 5.97 Å². The zero-order valence-electron chi connectivity index (χ0n) is 26.3. The first kappa shape index (κ1) is 36.2. The van der Waals surface area contributed by atoms with Crippen LogP contribution >= 0.6 is 0 Å². The van der Waals surface area contributed by atoms with Crippen LogP contribution in [0.1, 0.15) is 133 Å². The van der Waals surface area contributed by atoms with Crippen molar-refractivity contribution in [2.24, 2.45) is 5.92 Å². The van der Waals surface area contributed by atoms with Crippen molar-refractivity contribution in [3.05, 3.63) is 58.2 Å². The van der Waals surface area contributed by atoms with Crippen LogP contribution in [0.15, 0.2) is 41.5 Å². The SMILES string of the molecule is CCCCCC(O)C=CC1=C(CC(O)CO)CC(CCCCCC(=O)O)CCc2c(cccc2C(C)CCCO)CC1. The number of fused-ring (bicyclic) bond motifs is 1. The highest BCUT2D eigenvalue weighted by Gasteiger charge is 2.22. The molecule has 0 heterocycles. The maximum absolute atomic E-state index is 11.0. The molecule has 0 saturated carbocycles. The lowest BCUT2D eigenvalue weighted by atomic mass is 9.79. The molecule has 0 radical (unpaired) electrons. The number of aryl methyl sites for hydroxylation is 1. The molecule has 0 amide bonds. The number of hydrogen-bond donors (Lipinski definition) is 5. The Bertz CT molecular complexity index is 968. The molecule has 1 aliphatic carbocycles. The van der Waals surface area contributed by atoms with Gasteiger partial charge in [-0.2, -0.15) is 0 Å². The van der Waals surface area contributed by atoms with E-state index in [1.807, 2.05) is 6.08 Å². The van der Waals surface area contributed by atoms with E-state index in [-0.39, 0.29) is 19.6 Å². The molecule has 0 aromatic heterocycles. The van der Waals surface area contributed by atoms with Crippen LogP contribution in [-0.2, 0) is 17.6 Å². The lowest BCUT2D eigenvalue weighted by Crippen LogP contribution is -2.17. The van der Waals surface area contributed by atoms with Crippen molar-refractivity contribution in [3.8, 4) is 0 Å². The Morgan fingerprint density at radius 1 is 1.00 bits per heavy atom. The van der Waals surface area contributed by atoms with Crippen molar-refractivity contribution < 1.29 is 30.3 Å². The molecule has 0 saturated heterocycles. The van der Waals surface area contributed by atoms with Crippen molar-refractivity contribution in [1.29, 1.82) is 0 Å². The Balaban J connectivity index is 2.43. The highest BCUT2D eigenvalue weighted by molar-refractivity contribution is 5.66. The van der Waals surface area contributed by atoms with Gasteiger partial charge in [0, 0.05) is 13.0 Å². The largest absolute Gasteiger partial charge is 0.481 e. The van der Waals surface area contributed by atoms with Crippen LogP contribution in [0.25, 0.3) is 0 Å². The fourth-order valence-corrected chi connectivity index (χ4v) is 6.41. The number of aliphatic hydroxyl groups excluding tert-OH is 4. The predicted molar refractivity (Wildman–Crippen MR) is 171 cm³/mol. The Labute approximate surface area is 254 Å². The fraction of sp³-hybridized carbons (Fsp3) is 0.694. The van der Waals surface area contributed by atoms with Gasteiger partial charge in [-0.05, 0) is 98.3 Å². The summed E-state index contributed by atoms with van der Waals surface area (Å²) in [5.41, 5.74) is 6.48. The van der Waals surface area contributed by atoms with Gasteiger partial charge in [-0.15, -0.1) is 0 Å². The third kappa shape index (κ3) is 13.5. The number of rotatable bonds is 19.